The molecule has 4 aromatic rings. The molecule has 178 valence electrons. The van der Waals surface area contributed by atoms with Crippen molar-refractivity contribution in [3.05, 3.63) is 64.7 Å². The quantitative estimate of drug-likeness (QED) is 0.322. The van der Waals surface area contributed by atoms with Crippen molar-refractivity contribution in [3.63, 3.8) is 0 Å². The molecule has 0 radical (unpaired) electrons. The zero-order chi connectivity index (χ0) is 24.8. The standard InChI is InChI=1S/C22H17Cl2N7O4/c23-15-2-1-3-16(24)19(15)31-20-14(10-29-31)22(28-12-27-20)35-17(11-34-7-6-32)21(33)30-18-5-4-13(8-25)9-26-18/h1-5,9-10,12,17,32H,6-7,11H2,(H,26,30,33). The monoisotopic (exact) mass is 513 g/mol. The summed E-state index contributed by atoms with van der Waals surface area (Å²) in [7, 11) is 0. The number of nitrogens with zero attached hydrogens (tertiary/aromatic N) is 6. The fourth-order valence-electron chi connectivity index (χ4n) is 3.07. The highest BCUT2D eigenvalue weighted by molar-refractivity contribution is 6.37. The van der Waals surface area contributed by atoms with Crippen LogP contribution in [0.4, 0.5) is 5.82 Å². The van der Waals surface area contributed by atoms with E-state index < -0.39 is 12.0 Å². The number of halogens is 2. The summed E-state index contributed by atoms with van der Waals surface area (Å²) in [6.07, 6.45) is 2.89. The minimum Gasteiger partial charge on any atom is -0.461 e. The molecule has 0 bridgehead atoms. The smallest absolute Gasteiger partial charge is 0.269 e. The average molecular weight is 514 g/mol. The molecule has 1 amide bonds. The van der Waals surface area contributed by atoms with Gasteiger partial charge in [-0.25, -0.2) is 19.6 Å². The summed E-state index contributed by atoms with van der Waals surface area (Å²) in [5.74, 6) is -0.280. The first-order chi connectivity index (χ1) is 17.0. The van der Waals surface area contributed by atoms with Gasteiger partial charge in [0.15, 0.2) is 5.65 Å². The van der Waals surface area contributed by atoms with Gasteiger partial charge in [0.05, 0.1) is 41.6 Å². The zero-order valence-corrected chi connectivity index (χ0v) is 19.4. The second-order valence-corrected chi connectivity index (χ2v) is 7.80. The van der Waals surface area contributed by atoms with Crippen LogP contribution < -0.4 is 10.1 Å². The van der Waals surface area contributed by atoms with Crippen LogP contribution >= 0.6 is 23.2 Å². The maximum absolute atomic E-state index is 12.9. The Kier molecular flexibility index (Phi) is 7.69. The summed E-state index contributed by atoms with van der Waals surface area (Å²) in [6, 6.07) is 10.0. The number of carbonyl (C=O) groups is 1. The number of benzene rings is 1. The van der Waals surface area contributed by atoms with Gasteiger partial charge in [-0.05, 0) is 24.3 Å². The number of aliphatic hydroxyl groups is 1. The molecular weight excluding hydrogens is 497 g/mol. The number of aromatic nitrogens is 5. The zero-order valence-electron chi connectivity index (χ0n) is 17.9. The van der Waals surface area contributed by atoms with Gasteiger partial charge in [-0.3, -0.25) is 4.79 Å². The van der Waals surface area contributed by atoms with Gasteiger partial charge in [-0.1, -0.05) is 29.3 Å². The van der Waals surface area contributed by atoms with E-state index in [1.165, 1.54) is 35.5 Å². The Morgan fingerprint density at radius 3 is 2.66 bits per heavy atom. The second-order valence-electron chi connectivity index (χ2n) is 6.98. The van der Waals surface area contributed by atoms with E-state index in [0.717, 1.165) is 0 Å². The third kappa shape index (κ3) is 5.47. The predicted molar refractivity (Wildman–Crippen MR) is 127 cm³/mol. The molecule has 0 fully saturated rings. The second kappa shape index (κ2) is 11.1. The van der Waals surface area contributed by atoms with Crippen molar-refractivity contribution in [1.29, 1.82) is 5.26 Å². The van der Waals surface area contributed by atoms with Crippen LogP contribution in [0.3, 0.4) is 0 Å². The van der Waals surface area contributed by atoms with Crippen LogP contribution in [-0.2, 0) is 9.53 Å². The Morgan fingerprint density at radius 2 is 1.97 bits per heavy atom. The summed E-state index contributed by atoms with van der Waals surface area (Å²) in [5.41, 5.74) is 1.14. The number of pyridine rings is 1. The number of carbonyl (C=O) groups excluding carboxylic acids is 1. The van der Waals surface area contributed by atoms with Crippen LogP contribution in [-0.4, -0.2) is 61.7 Å². The number of hydrogen-bond donors (Lipinski definition) is 2. The van der Waals surface area contributed by atoms with Crippen molar-refractivity contribution >= 4 is 46.0 Å². The first-order valence-corrected chi connectivity index (χ1v) is 10.9. The van der Waals surface area contributed by atoms with E-state index in [9.17, 15) is 4.79 Å². The number of nitrogens with one attached hydrogen (secondary N) is 1. The van der Waals surface area contributed by atoms with Crippen molar-refractivity contribution in [2.45, 2.75) is 6.10 Å². The lowest BCUT2D eigenvalue weighted by Crippen LogP contribution is -2.37. The lowest BCUT2D eigenvalue weighted by molar-refractivity contribution is -0.125. The first kappa shape index (κ1) is 24.3. The number of fused-ring (bicyclic) bond motifs is 1. The molecule has 1 atom stereocenters. The van der Waals surface area contributed by atoms with Gasteiger partial charge in [-0.2, -0.15) is 10.4 Å². The third-order valence-electron chi connectivity index (χ3n) is 4.67. The fourth-order valence-corrected chi connectivity index (χ4v) is 3.62. The topological polar surface area (TPSA) is 148 Å². The number of anilines is 1. The van der Waals surface area contributed by atoms with E-state index in [4.69, 9.17) is 43.0 Å². The van der Waals surface area contributed by atoms with Gasteiger partial charge in [0.1, 0.15) is 29.3 Å². The third-order valence-corrected chi connectivity index (χ3v) is 5.28. The minimum atomic E-state index is -1.16. The summed E-state index contributed by atoms with van der Waals surface area (Å²) >= 11 is 12.6. The van der Waals surface area contributed by atoms with Crippen LogP contribution in [0, 0.1) is 11.3 Å². The normalized spacial score (nSPS) is 11.7. The summed E-state index contributed by atoms with van der Waals surface area (Å²) in [4.78, 5) is 25.4. The van der Waals surface area contributed by atoms with E-state index in [1.807, 2.05) is 6.07 Å². The van der Waals surface area contributed by atoms with Crippen molar-refractivity contribution in [2.75, 3.05) is 25.1 Å². The maximum atomic E-state index is 12.9. The van der Waals surface area contributed by atoms with E-state index in [-0.39, 0.29) is 31.5 Å². The number of aliphatic hydroxyl groups excluding tert-OH is 1. The number of para-hydroxylation sites is 1. The van der Waals surface area contributed by atoms with Crippen molar-refractivity contribution in [2.24, 2.45) is 0 Å². The van der Waals surface area contributed by atoms with Crippen LogP contribution in [0.1, 0.15) is 5.56 Å². The van der Waals surface area contributed by atoms with Gasteiger partial charge in [0, 0.05) is 6.20 Å². The van der Waals surface area contributed by atoms with E-state index in [2.05, 4.69) is 25.4 Å². The molecule has 0 saturated carbocycles. The van der Waals surface area contributed by atoms with Gasteiger partial charge in [0.25, 0.3) is 5.91 Å². The molecule has 1 aromatic carbocycles. The number of nitriles is 1. The number of hydrogen-bond acceptors (Lipinski definition) is 9. The molecule has 2 N–H and O–H groups in total. The van der Waals surface area contributed by atoms with Crippen LogP contribution in [0.2, 0.25) is 10.0 Å². The molecule has 3 aromatic heterocycles. The van der Waals surface area contributed by atoms with Crippen molar-refractivity contribution < 1.29 is 19.4 Å². The van der Waals surface area contributed by atoms with Gasteiger partial charge < -0.3 is 19.9 Å². The Morgan fingerprint density at radius 1 is 1.17 bits per heavy atom. The molecule has 35 heavy (non-hydrogen) atoms. The Hall–Kier alpha value is -3.82. The Bertz CT molecular complexity index is 1370. The lowest BCUT2D eigenvalue weighted by atomic mass is 10.3. The van der Waals surface area contributed by atoms with Gasteiger partial charge >= 0.3 is 0 Å². The molecule has 0 aliphatic carbocycles. The van der Waals surface area contributed by atoms with E-state index >= 15 is 0 Å². The molecular formula is C22H17Cl2N7O4. The highest BCUT2D eigenvalue weighted by atomic mass is 35.5. The van der Waals surface area contributed by atoms with Crippen LogP contribution in [0.5, 0.6) is 5.88 Å². The lowest BCUT2D eigenvalue weighted by Gasteiger charge is -2.18. The van der Waals surface area contributed by atoms with Crippen LogP contribution in [0.25, 0.3) is 16.7 Å². The predicted octanol–water partition coefficient (Wildman–Crippen LogP) is 2.78. The first-order valence-electron chi connectivity index (χ1n) is 10.2. The van der Waals surface area contributed by atoms with Crippen molar-refractivity contribution in [3.8, 4) is 17.6 Å². The summed E-state index contributed by atoms with van der Waals surface area (Å²) in [6.45, 7) is -0.405. The minimum absolute atomic E-state index is 0.00434. The highest BCUT2D eigenvalue weighted by Gasteiger charge is 2.25. The number of ether oxygens (including phenoxy) is 2. The summed E-state index contributed by atoms with van der Waals surface area (Å²) < 4.78 is 12.7. The average Bonchev–Trinajstić information content (AvgIpc) is 3.28. The number of amides is 1. The molecule has 11 nitrogen and oxygen atoms in total. The number of rotatable bonds is 9. The largest absolute Gasteiger partial charge is 0.461 e. The Balaban J connectivity index is 1.62. The Labute approximate surface area is 208 Å². The molecule has 0 saturated heterocycles. The molecule has 1 unspecified atom stereocenters. The van der Waals surface area contributed by atoms with Crippen molar-refractivity contribution in [1.82, 2.24) is 24.7 Å². The SMILES string of the molecule is N#Cc1ccc(NC(=O)C(COCCO)Oc2ncnc3c2cnn3-c2c(Cl)cccc2Cl)nc1. The molecule has 3 heterocycles. The van der Waals surface area contributed by atoms with Crippen LogP contribution in [0.15, 0.2) is 49.1 Å². The van der Waals surface area contributed by atoms with Gasteiger partial charge in [-0.15, -0.1) is 0 Å². The maximum Gasteiger partial charge on any atom is 0.269 e. The molecule has 13 heteroatoms. The molecule has 0 aliphatic heterocycles. The van der Waals surface area contributed by atoms with Gasteiger partial charge in [0.2, 0.25) is 12.0 Å². The summed E-state index contributed by atoms with van der Waals surface area (Å²) in [5, 5.41) is 26.0. The van der Waals surface area contributed by atoms with E-state index in [1.54, 1.807) is 18.2 Å². The van der Waals surface area contributed by atoms with E-state index in [0.29, 0.717) is 32.3 Å². The molecule has 0 spiro atoms. The molecule has 0 aliphatic rings. The molecule has 4 rings (SSSR count). The fraction of sp³-hybridized carbons (Fsp3) is 0.182. The highest BCUT2D eigenvalue weighted by Crippen LogP contribution is 2.31.